The Labute approximate surface area is 289 Å². The monoisotopic (exact) mass is 686 g/mol. The highest BCUT2D eigenvalue weighted by Crippen LogP contribution is 2.37. The number of nitrogens with one attached hydrogen (secondary N) is 2. The van der Waals surface area contributed by atoms with Crippen molar-refractivity contribution in [2.24, 2.45) is 0 Å². The van der Waals surface area contributed by atoms with Crippen LogP contribution < -0.4 is 10.6 Å². The Morgan fingerprint density at radius 2 is 1.83 bits per heavy atom. The number of nitriles is 1. The summed E-state index contributed by atoms with van der Waals surface area (Å²) in [7, 11) is 1.67. The van der Waals surface area contributed by atoms with Crippen molar-refractivity contribution in [1.29, 1.82) is 5.26 Å². The third-order valence-corrected chi connectivity index (χ3v) is 9.33. The number of aromatic nitrogens is 4. The van der Waals surface area contributed by atoms with Crippen molar-refractivity contribution in [3.8, 4) is 6.07 Å². The second-order valence-electron chi connectivity index (χ2n) is 13.0. The molecule has 248 valence electrons. The smallest absolute Gasteiger partial charge is 0.141 e. The summed E-state index contributed by atoms with van der Waals surface area (Å²) in [6.07, 6.45) is 5.47. The van der Waals surface area contributed by atoms with Crippen LogP contribution in [0.15, 0.2) is 67.0 Å². The molecule has 3 aromatic carbocycles. The van der Waals surface area contributed by atoms with Gasteiger partial charge in [0.25, 0.3) is 0 Å². The Morgan fingerprint density at radius 1 is 1.06 bits per heavy atom. The van der Waals surface area contributed by atoms with Crippen molar-refractivity contribution in [1.82, 2.24) is 24.9 Å². The molecule has 48 heavy (non-hydrogen) atoms. The Balaban J connectivity index is 1.38. The topological polar surface area (TPSA) is 104 Å². The van der Waals surface area contributed by atoms with Crippen LogP contribution in [0, 0.1) is 17.1 Å². The highest BCUT2D eigenvalue weighted by atomic mass is 35.5. The number of nitrogens with zero attached hydrogens (tertiary/aromatic N) is 6. The lowest BCUT2D eigenvalue weighted by atomic mass is 9.98. The number of ether oxygens (including phenoxy) is 1. The molecule has 0 spiro atoms. The highest BCUT2D eigenvalue weighted by Gasteiger charge is 2.29. The zero-order valence-electron chi connectivity index (χ0n) is 27.3. The SMILES string of the molecule is COCc1cccc([C@H](Nc2cc(Cl)c3ncc(C#N)c(Nc4ccc(F)c(Cl)c4)c3c2)c2cn(C3CCN(C(C)(C)C)CC3)nn2)c1. The molecule has 0 bridgehead atoms. The molecule has 0 saturated carbocycles. The third-order valence-electron chi connectivity index (χ3n) is 8.75. The molecule has 0 unspecified atom stereocenters. The van der Waals surface area contributed by atoms with E-state index in [1.807, 2.05) is 35.1 Å². The number of hydrogen-bond donors (Lipinski definition) is 2. The van der Waals surface area contributed by atoms with Gasteiger partial charge in [0.15, 0.2) is 0 Å². The van der Waals surface area contributed by atoms with Gasteiger partial charge in [-0.2, -0.15) is 5.26 Å². The number of rotatable bonds is 9. The predicted molar refractivity (Wildman–Crippen MR) is 188 cm³/mol. The Morgan fingerprint density at radius 3 is 2.54 bits per heavy atom. The minimum absolute atomic E-state index is 0.0383. The van der Waals surface area contributed by atoms with Gasteiger partial charge in [-0.1, -0.05) is 52.7 Å². The molecule has 2 N–H and O–H groups in total. The van der Waals surface area contributed by atoms with E-state index in [-0.39, 0.29) is 16.6 Å². The summed E-state index contributed by atoms with van der Waals surface area (Å²) in [5.74, 6) is -0.537. The fourth-order valence-corrected chi connectivity index (χ4v) is 6.66. The van der Waals surface area contributed by atoms with E-state index in [9.17, 15) is 9.65 Å². The van der Waals surface area contributed by atoms with Gasteiger partial charge in [-0.15, -0.1) is 5.10 Å². The van der Waals surface area contributed by atoms with E-state index < -0.39 is 11.9 Å². The van der Waals surface area contributed by atoms with Crippen molar-refractivity contribution < 1.29 is 9.13 Å². The first-order valence-corrected chi connectivity index (χ1v) is 16.5. The van der Waals surface area contributed by atoms with E-state index in [1.165, 1.54) is 18.3 Å². The first kappa shape index (κ1) is 33.6. The summed E-state index contributed by atoms with van der Waals surface area (Å²) < 4.78 is 21.3. The number of hydrogen-bond acceptors (Lipinski definition) is 8. The summed E-state index contributed by atoms with van der Waals surface area (Å²) in [6.45, 7) is 9.22. The lowest BCUT2D eigenvalue weighted by molar-refractivity contribution is 0.0866. The van der Waals surface area contributed by atoms with Crippen LogP contribution in [0.5, 0.6) is 0 Å². The van der Waals surface area contributed by atoms with Gasteiger partial charge >= 0.3 is 0 Å². The van der Waals surface area contributed by atoms with Crippen molar-refractivity contribution in [2.45, 2.75) is 57.8 Å². The zero-order valence-corrected chi connectivity index (χ0v) is 28.8. The van der Waals surface area contributed by atoms with Gasteiger partial charge in [0.2, 0.25) is 0 Å². The lowest BCUT2D eigenvalue weighted by Crippen LogP contribution is -2.46. The molecule has 2 aromatic heterocycles. The molecular weight excluding hydrogens is 650 g/mol. The number of anilines is 3. The molecule has 9 nitrogen and oxygen atoms in total. The summed E-state index contributed by atoms with van der Waals surface area (Å²) in [6, 6.07) is 18.2. The number of halogens is 3. The molecule has 0 radical (unpaired) electrons. The summed E-state index contributed by atoms with van der Waals surface area (Å²) in [5, 5.41) is 27.1. The molecule has 5 aromatic rings. The van der Waals surface area contributed by atoms with E-state index in [2.05, 4.69) is 63.7 Å². The number of methoxy groups -OCH3 is 1. The first-order chi connectivity index (χ1) is 23.0. The van der Waals surface area contributed by atoms with Crippen LogP contribution in [-0.4, -0.2) is 50.6 Å². The summed E-state index contributed by atoms with van der Waals surface area (Å²) in [5.41, 5.74) is 5.34. The lowest BCUT2D eigenvalue weighted by Gasteiger charge is -2.40. The summed E-state index contributed by atoms with van der Waals surface area (Å²) >= 11 is 12.9. The largest absolute Gasteiger partial charge is 0.380 e. The van der Waals surface area contributed by atoms with E-state index in [0.717, 1.165) is 42.8 Å². The summed E-state index contributed by atoms with van der Waals surface area (Å²) in [4.78, 5) is 6.99. The fraction of sp³-hybridized carbons (Fsp3) is 0.333. The van der Waals surface area contributed by atoms with Gasteiger partial charge in [-0.05, 0) is 75.1 Å². The maximum Gasteiger partial charge on any atom is 0.141 e. The van der Waals surface area contributed by atoms with E-state index in [1.54, 1.807) is 19.2 Å². The number of piperidine rings is 1. The standard InChI is InChI=1S/C36H37Cl2FN8O/c1-36(2,3)46-12-10-27(11-13-46)47-20-32(44-45-47)34(23-7-5-6-22(14-23)21-48-4)43-26-15-28-33(42-25-8-9-31(39)29(37)16-25)24(18-40)19-41-35(28)30(38)17-26/h5-9,14-17,19-20,27,34,43H,10-13,21H2,1-4H3,(H,41,42)/t34-/m0/s1. The van der Waals surface area contributed by atoms with Crippen molar-refractivity contribution in [3.05, 3.63) is 105 Å². The van der Waals surface area contributed by atoms with E-state index in [0.29, 0.717) is 45.2 Å². The van der Waals surface area contributed by atoms with Crippen molar-refractivity contribution in [2.75, 3.05) is 30.8 Å². The molecule has 0 aliphatic carbocycles. The van der Waals surface area contributed by atoms with Crippen LogP contribution in [0.1, 0.15) is 68.1 Å². The average Bonchev–Trinajstić information content (AvgIpc) is 3.56. The van der Waals surface area contributed by atoms with Crippen LogP contribution >= 0.6 is 23.2 Å². The van der Waals surface area contributed by atoms with E-state index in [4.69, 9.17) is 27.9 Å². The number of benzene rings is 3. The first-order valence-electron chi connectivity index (χ1n) is 15.8. The molecular formula is C36H37Cl2FN8O. The van der Waals surface area contributed by atoms with Crippen LogP contribution in [0.2, 0.25) is 10.0 Å². The normalized spacial score (nSPS) is 15.0. The van der Waals surface area contributed by atoms with Gasteiger partial charge in [0.05, 0.1) is 51.7 Å². The molecule has 1 aliphatic rings. The molecule has 0 amide bonds. The molecule has 3 heterocycles. The van der Waals surface area contributed by atoms with Gasteiger partial charge in [0, 0.05) is 48.7 Å². The predicted octanol–water partition coefficient (Wildman–Crippen LogP) is 8.67. The third kappa shape index (κ3) is 7.25. The quantitative estimate of drug-likeness (QED) is 0.159. The zero-order chi connectivity index (χ0) is 34.0. The van der Waals surface area contributed by atoms with Crippen LogP contribution in [0.25, 0.3) is 10.9 Å². The molecule has 1 saturated heterocycles. The maximum atomic E-state index is 13.9. The van der Waals surface area contributed by atoms with Crippen molar-refractivity contribution >= 4 is 51.2 Å². The number of likely N-dealkylation sites (tertiary alicyclic amines) is 1. The van der Waals surface area contributed by atoms with Gasteiger partial charge in [-0.3, -0.25) is 9.88 Å². The molecule has 1 aliphatic heterocycles. The van der Waals surface area contributed by atoms with Crippen LogP contribution in [0.4, 0.5) is 21.5 Å². The van der Waals surface area contributed by atoms with Gasteiger partial charge < -0.3 is 15.4 Å². The molecule has 1 fully saturated rings. The molecule has 6 rings (SSSR count). The van der Waals surface area contributed by atoms with Gasteiger partial charge in [-0.25, -0.2) is 9.07 Å². The van der Waals surface area contributed by atoms with E-state index >= 15 is 0 Å². The maximum absolute atomic E-state index is 13.9. The average molecular weight is 688 g/mol. The Hall–Kier alpha value is -4.27. The minimum atomic E-state index is -0.537. The fourth-order valence-electron chi connectivity index (χ4n) is 6.21. The van der Waals surface area contributed by atoms with Crippen LogP contribution in [0.3, 0.4) is 0 Å². The van der Waals surface area contributed by atoms with Crippen molar-refractivity contribution in [3.63, 3.8) is 0 Å². The Bertz CT molecular complexity index is 1980. The molecule has 12 heteroatoms. The molecule has 1 atom stereocenters. The second kappa shape index (κ2) is 14.1. The van der Waals surface area contributed by atoms with Crippen LogP contribution in [-0.2, 0) is 11.3 Å². The minimum Gasteiger partial charge on any atom is -0.380 e. The highest BCUT2D eigenvalue weighted by molar-refractivity contribution is 6.36. The number of fused-ring (bicyclic) bond motifs is 1. The van der Waals surface area contributed by atoms with Gasteiger partial charge in [0.1, 0.15) is 17.6 Å². The second-order valence-corrected chi connectivity index (χ2v) is 13.8. The number of pyridine rings is 1. The Kier molecular flexibility index (Phi) is 9.85.